The number of ether oxygens (including phenoxy) is 1. The van der Waals surface area contributed by atoms with Crippen molar-refractivity contribution in [1.82, 2.24) is 4.98 Å². The predicted octanol–water partition coefficient (Wildman–Crippen LogP) is 4.66. The van der Waals surface area contributed by atoms with Crippen LogP contribution in [0, 0.1) is 0 Å². The molecule has 0 spiro atoms. The summed E-state index contributed by atoms with van der Waals surface area (Å²) in [4.78, 5) is 16.7. The van der Waals surface area contributed by atoms with Gasteiger partial charge >= 0.3 is 0 Å². The third-order valence-corrected chi connectivity index (χ3v) is 5.63. The van der Waals surface area contributed by atoms with E-state index in [0.29, 0.717) is 23.9 Å². The summed E-state index contributed by atoms with van der Waals surface area (Å²) in [5, 5.41) is 12.6. The summed E-state index contributed by atoms with van der Waals surface area (Å²) in [7, 11) is 0. The van der Waals surface area contributed by atoms with Gasteiger partial charge < -0.3 is 14.6 Å². The van der Waals surface area contributed by atoms with E-state index in [1.807, 2.05) is 72.8 Å². The zero-order valence-corrected chi connectivity index (χ0v) is 16.9. The minimum Gasteiger partial charge on any atom is -0.545 e. The van der Waals surface area contributed by atoms with Crippen LogP contribution in [0.2, 0.25) is 0 Å². The number of carbonyl (C=O) groups is 1. The predicted molar refractivity (Wildman–Crippen MR) is 119 cm³/mol. The first-order valence-corrected chi connectivity index (χ1v) is 10.3. The van der Waals surface area contributed by atoms with Crippen LogP contribution in [0.3, 0.4) is 0 Å². The molecule has 3 aromatic carbocycles. The van der Waals surface area contributed by atoms with Gasteiger partial charge in [0, 0.05) is 16.5 Å². The number of pyridine rings is 1. The van der Waals surface area contributed by atoms with Gasteiger partial charge in [0.25, 0.3) is 0 Å². The number of allylic oxidation sites excluding steroid dienone is 1. The van der Waals surface area contributed by atoms with E-state index in [9.17, 15) is 9.90 Å². The molecule has 0 unspecified atom stereocenters. The van der Waals surface area contributed by atoms with Crippen LogP contribution in [0.15, 0.2) is 78.9 Å². The number of aromatic carboxylic acids is 1. The number of hydrogen-bond donors (Lipinski definition) is 0. The van der Waals surface area contributed by atoms with Gasteiger partial charge in [0.1, 0.15) is 12.4 Å². The molecule has 0 amide bonds. The molecule has 1 heterocycles. The van der Waals surface area contributed by atoms with E-state index in [2.05, 4.69) is 6.08 Å². The number of aromatic nitrogens is 1. The molecule has 4 nitrogen and oxygen atoms in total. The Balaban J connectivity index is 1.54. The molecule has 4 heteroatoms. The average Bonchev–Trinajstić information content (AvgIpc) is 3.19. The third-order valence-electron chi connectivity index (χ3n) is 5.63. The van der Waals surface area contributed by atoms with Crippen molar-refractivity contribution in [2.24, 2.45) is 0 Å². The molecule has 0 N–H and O–H groups in total. The molecule has 1 aliphatic rings. The number of hydrogen-bond acceptors (Lipinski definition) is 4. The Labute approximate surface area is 180 Å². The van der Waals surface area contributed by atoms with E-state index in [1.54, 1.807) is 6.07 Å². The van der Waals surface area contributed by atoms with Gasteiger partial charge in [-0.3, -0.25) is 0 Å². The van der Waals surface area contributed by atoms with Gasteiger partial charge in [0.05, 0.1) is 17.2 Å². The molecular weight excluding hydrogens is 386 g/mol. The third kappa shape index (κ3) is 3.68. The van der Waals surface area contributed by atoms with Crippen molar-refractivity contribution in [2.45, 2.75) is 19.4 Å². The Kier molecular flexibility index (Phi) is 4.97. The molecule has 1 aromatic heterocycles. The summed E-state index contributed by atoms with van der Waals surface area (Å²) in [5.41, 5.74) is 5.50. The van der Waals surface area contributed by atoms with E-state index < -0.39 is 5.97 Å². The molecule has 5 rings (SSSR count). The molecular formula is C27H20NO3-. The first kappa shape index (κ1) is 19.1. The summed E-state index contributed by atoms with van der Waals surface area (Å²) >= 11 is 0. The number of carboxylic acid groups (broad SMARTS) is 1. The topological polar surface area (TPSA) is 62.2 Å². The van der Waals surface area contributed by atoms with Crippen LogP contribution in [0.5, 0.6) is 5.75 Å². The average molecular weight is 406 g/mol. The molecule has 0 aliphatic heterocycles. The molecule has 0 saturated carbocycles. The maximum atomic E-state index is 11.9. The lowest BCUT2D eigenvalue weighted by Gasteiger charge is -2.13. The molecule has 0 bridgehead atoms. The number of carbonyl (C=O) groups excluding carboxylic acids is 1. The first-order chi connectivity index (χ1) is 15.2. The highest BCUT2D eigenvalue weighted by Crippen LogP contribution is 2.38. The smallest absolute Gasteiger partial charge is 0.127 e. The lowest BCUT2D eigenvalue weighted by atomic mass is 10.0. The number of carboxylic acids is 1. The van der Waals surface area contributed by atoms with E-state index in [0.717, 1.165) is 40.1 Å². The van der Waals surface area contributed by atoms with Crippen LogP contribution >= 0.6 is 0 Å². The normalized spacial score (nSPS) is 14.0. The summed E-state index contributed by atoms with van der Waals surface area (Å²) in [6.45, 7) is 0.481. The monoisotopic (exact) mass is 406 g/mol. The minimum atomic E-state index is -1.15. The van der Waals surface area contributed by atoms with E-state index in [-0.39, 0.29) is 5.56 Å². The first-order valence-electron chi connectivity index (χ1n) is 10.3. The quantitative estimate of drug-likeness (QED) is 0.483. The van der Waals surface area contributed by atoms with Gasteiger partial charge in [-0.25, -0.2) is 4.98 Å². The van der Waals surface area contributed by atoms with Crippen LogP contribution in [-0.4, -0.2) is 11.0 Å². The van der Waals surface area contributed by atoms with Gasteiger partial charge in [-0.1, -0.05) is 66.7 Å². The van der Waals surface area contributed by atoms with Crippen molar-refractivity contribution in [3.63, 3.8) is 0 Å². The van der Waals surface area contributed by atoms with Gasteiger partial charge in [-0.05, 0) is 47.8 Å². The van der Waals surface area contributed by atoms with E-state index in [4.69, 9.17) is 9.72 Å². The highest BCUT2D eigenvalue weighted by atomic mass is 16.5. The largest absolute Gasteiger partial charge is 0.545 e. The molecule has 31 heavy (non-hydrogen) atoms. The number of fused-ring (bicyclic) bond motifs is 2. The molecule has 1 aliphatic carbocycles. The molecule has 0 fully saturated rings. The zero-order chi connectivity index (χ0) is 21.2. The zero-order valence-electron chi connectivity index (χ0n) is 16.9. The summed E-state index contributed by atoms with van der Waals surface area (Å²) < 4.78 is 6.08. The Hall–Kier alpha value is -3.92. The molecule has 4 aromatic rings. The maximum absolute atomic E-state index is 11.9. The van der Waals surface area contributed by atoms with Crippen molar-refractivity contribution in [3.8, 4) is 5.75 Å². The van der Waals surface area contributed by atoms with Crippen molar-refractivity contribution < 1.29 is 14.6 Å². The number of para-hydroxylation sites is 2. The van der Waals surface area contributed by atoms with Gasteiger partial charge in [-0.2, -0.15) is 0 Å². The van der Waals surface area contributed by atoms with Crippen LogP contribution < -0.4 is 9.84 Å². The van der Waals surface area contributed by atoms with Crippen molar-refractivity contribution in [2.75, 3.05) is 0 Å². The minimum absolute atomic E-state index is 0.262. The van der Waals surface area contributed by atoms with E-state index in [1.165, 1.54) is 0 Å². The fraction of sp³-hybridized carbons (Fsp3) is 0.111. The SMILES string of the molecule is O=C([O-])c1c2c(nc3ccccc13)/C(=C/c1ccccc1OCc1ccccc1)CC2. The Morgan fingerprint density at radius 2 is 1.68 bits per heavy atom. The summed E-state index contributed by atoms with van der Waals surface area (Å²) in [6.07, 6.45) is 3.42. The summed E-state index contributed by atoms with van der Waals surface area (Å²) in [6, 6.07) is 25.2. The summed E-state index contributed by atoms with van der Waals surface area (Å²) in [5.74, 6) is -0.365. The lowest BCUT2D eigenvalue weighted by Crippen LogP contribution is -2.24. The fourth-order valence-electron chi connectivity index (χ4n) is 4.17. The second-order valence-corrected chi connectivity index (χ2v) is 7.60. The van der Waals surface area contributed by atoms with Crippen LogP contribution in [0.1, 0.15) is 39.2 Å². The highest BCUT2D eigenvalue weighted by molar-refractivity contribution is 6.05. The Bertz CT molecular complexity index is 1310. The lowest BCUT2D eigenvalue weighted by molar-refractivity contribution is -0.254. The van der Waals surface area contributed by atoms with Crippen molar-refractivity contribution in [3.05, 3.63) is 107 Å². The molecule has 0 saturated heterocycles. The number of nitrogens with zero attached hydrogens (tertiary/aromatic N) is 1. The maximum Gasteiger partial charge on any atom is 0.127 e. The second kappa shape index (κ2) is 8.07. The Morgan fingerprint density at radius 1 is 0.935 bits per heavy atom. The van der Waals surface area contributed by atoms with Crippen LogP contribution in [-0.2, 0) is 13.0 Å². The van der Waals surface area contributed by atoms with Crippen LogP contribution in [0.4, 0.5) is 0 Å². The van der Waals surface area contributed by atoms with Gasteiger partial charge in [-0.15, -0.1) is 0 Å². The van der Waals surface area contributed by atoms with Gasteiger partial charge in [0.2, 0.25) is 0 Å². The van der Waals surface area contributed by atoms with Crippen molar-refractivity contribution >= 4 is 28.5 Å². The number of benzene rings is 3. The highest BCUT2D eigenvalue weighted by Gasteiger charge is 2.24. The Morgan fingerprint density at radius 3 is 2.52 bits per heavy atom. The second-order valence-electron chi connectivity index (χ2n) is 7.60. The number of rotatable bonds is 5. The van der Waals surface area contributed by atoms with Crippen LogP contribution in [0.25, 0.3) is 22.6 Å². The fourth-order valence-corrected chi connectivity index (χ4v) is 4.17. The molecule has 0 radical (unpaired) electrons. The van der Waals surface area contributed by atoms with Crippen molar-refractivity contribution in [1.29, 1.82) is 0 Å². The van der Waals surface area contributed by atoms with Gasteiger partial charge in [0.15, 0.2) is 0 Å². The molecule has 0 atom stereocenters. The standard InChI is InChI=1S/C27H21NO3/c29-27(30)25-21-11-5-6-12-23(21)28-26-20(14-15-22(25)26)16-19-10-4-7-13-24(19)31-17-18-8-2-1-3-9-18/h1-13,16H,14-15,17H2,(H,29,30)/p-1/b20-16+. The molecule has 152 valence electrons. The van der Waals surface area contributed by atoms with E-state index >= 15 is 0 Å².